The number of hydrogen-bond acceptors (Lipinski definition) is 8. The van der Waals surface area contributed by atoms with Crippen LogP contribution in [-0.2, 0) is 9.53 Å². The molecule has 10 nitrogen and oxygen atoms in total. The van der Waals surface area contributed by atoms with Gasteiger partial charge in [0.05, 0.1) is 24.7 Å². The van der Waals surface area contributed by atoms with Crippen molar-refractivity contribution in [1.29, 1.82) is 0 Å². The molecule has 0 fully saturated rings. The van der Waals surface area contributed by atoms with Crippen molar-refractivity contribution >= 4 is 23.3 Å². The molecule has 0 spiro atoms. The van der Waals surface area contributed by atoms with Crippen LogP contribution in [0.2, 0.25) is 0 Å². The number of amides is 1. The monoisotopic (exact) mass is 466 g/mol. The molecule has 0 aliphatic carbocycles. The number of ether oxygens (including phenoxy) is 4. The summed E-state index contributed by atoms with van der Waals surface area (Å²) in [5, 5.41) is 14.0. The highest BCUT2D eigenvalue weighted by molar-refractivity contribution is 5.98. The van der Waals surface area contributed by atoms with Crippen LogP contribution in [-0.4, -0.2) is 37.1 Å². The predicted molar refractivity (Wildman–Crippen MR) is 123 cm³/mol. The highest BCUT2D eigenvalue weighted by atomic mass is 16.6. The molecule has 10 heteroatoms. The second kappa shape index (κ2) is 11.3. The van der Waals surface area contributed by atoms with Crippen molar-refractivity contribution < 1.29 is 33.5 Å². The molecule has 0 radical (unpaired) electrons. The fourth-order valence-corrected chi connectivity index (χ4v) is 2.93. The maximum absolute atomic E-state index is 12.5. The van der Waals surface area contributed by atoms with Gasteiger partial charge >= 0.3 is 5.97 Å². The molecule has 3 aromatic rings. The third kappa shape index (κ3) is 6.22. The third-order valence-electron chi connectivity index (χ3n) is 4.45. The molecule has 34 heavy (non-hydrogen) atoms. The van der Waals surface area contributed by atoms with Crippen molar-refractivity contribution in [2.24, 2.45) is 0 Å². The van der Waals surface area contributed by atoms with Crippen LogP contribution in [0.15, 0.2) is 66.7 Å². The molecule has 0 saturated heterocycles. The number of nitrogens with one attached hydrogen (secondary N) is 1. The Labute approximate surface area is 195 Å². The number of hydrogen-bond donors (Lipinski definition) is 1. The molecule has 1 amide bonds. The lowest BCUT2D eigenvalue weighted by atomic mass is 10.1. The van der Waals surface area contributed by atoms with Crippen LogP contribution in [0, 0.1) is 10.1 Å². The minimum atomic E-state index is -1.05. The molecule has 0 aromatic heterocycles. The van der Waals surface area contributed by atoms with Gasteiger partial charge in [-0.25, -0.2) is 4.79 Å². The van der Waals surface area contributed by atoms with E-state index in [9.17, 15) is 19.7 Å². The zero-order valence-corrected chi connectivity index (χ0v) is 18.5. The first-order valence-corrected chi connectivity index (χ1v) is 10.2. The minimum Gasteiger partial charge on any atom is -0.493 e. The van der Waals surface area contributed by atoms with Crippen molar-refractivity contribution in [2.75, 3.05) is 25.6 Å². The predicted octanol–water partition coefficient (Wildman–Crippen LogP) is 4.59. The number of nitro groups is 1. The number of nitro benzene ring substituents is 1. The minimum absolute atomic E-state index is 0.116. The fourth-order valence-electron chi connectivity index (χ4n) is 2.93. The van der Waals surface area contributed by atoms with Crippen LogP contribution >= 0.6 is 0 Å². The maximum Gasteiger partial charge on any atom is 0.345 e. The largest absolute Gasteiger partial charge is 0.493 e. The van der Waals surface area contributed by atoms with Crippen LogP contribution < -0.4 is 19.5 Å². The molecule has 0 saturated carbocycles. The van der Waals surface area contributed by atoms with Crippen molar-refractivity contribution in [3.8, 4) is 23.0 Å². The van der Waals surface area contributed by atoms with Gasteiger partial charge in [-0.1, -0.05) is 18.2 Å². The van der Waals surface area contributed by atoms with E-state index in [1.54, 1.807) is 31.2 Å². The number of anilines is 1. The summed E-state index contributed by atoms with van der Waals surface area (Å²) >= 11 is 0. The Kier molecular flexibility index (Phi) is 8.01. The lowest BCUT2D eigenvalue weighted by molar-refractivity contribution is -0.385. The number of para-hydroxylation sites is 1. The average Bonchev–Trinajstić information content (AvgIpc) is 2.84. The topological polar surface area (TPSA) is 126 Å². The van der Waals surface area contributed by atoms with Gasteiger partial charge in [0.25, 0.3) is 11.6 Å². The summed E-state index contributed by atoms with van der Waals surface area (Å²) in [6, 6.07) is 18.0. The van der Waals surface area contributed by atoms with Crippen LogP contribution in [0.4, 0.5) is 11.4 Å². The lowest BCUT2D eigenvalue weighted by Gasteiger charge is -2.12. The van der Waals surface area contributed by atoms with Gasteiger partial charge < -0.3 is 24.3 Å². The SMILES string of the molecule is CCOc1cc([N+](=O)[O-])c(C(=O)OCC(=O)Nc2ccc(Oc3ccccc3)cc2)cc1OC. The van der Waals surface area contributed by atoms with E-state index in [0.717, 1.165) is 12.1 Å². The normalized spacial score (nSPS) is 10.2. The van der Waals surface area contributed by atoms with Crippen molar-refractivity contribution in [3.05, 3.63) is 82.4 Å². The van der Waals surface area contributed by atoms with Crippen LogP contribution in [0.3, 0.4) is 0 Å². The van der Waals surface area contributed by atoms with E-state index >= 15 is 0 Å². The summed E-state index contributed by atoms with van der Waals surface area (Å²) < 4.78 is 21.1. The van der Waals surface area contributed by atoms with Gasteiger partial charge in [-0.05, 0) is 43.3 Å². The Balaban J connectivity index is 1.61. The van der Waals surface area contributed by atoms with Gasteiger partial charge in [-0.2, -0.15) is 0 Å². The van der Waals surface area contributed by atoms with E-state index in [4.69, 9.17) is 18.9 Å². The number of carbonyl (C=O) groups excluding carboxylic acids is 2. The average molecular weight is 466 g/mol. The Morgan fingerprint density at radius 1 is 0.971 bits per heavy atom. The first-order chi connectivity index (χ1) is 16.4. The molecule has 0 heterocycles. The Hall–Kier alpha value is -4.60. The molecular weight excluding hydrogens is 444 g/mol. The summed E-state index contributed by atoms with van der Waals surface area (Å²) in [7, 11) is 1.34. The van der Waals surface area contributed by atoms with Crippen molar-refractivity contribution in [1.82, 2.24) is 0 Å². The van der Waals surface area contributed by atoms with Gasteiger partial charge in [0, 0.05) is 11.8 Å². The van der Waals surface area contributed by atoms with Gasteiger partial charge in [0.2, 0.25) is 0 Å². The summed E-state index contributed by atoms with van der Waals surface area (Å²) in [4.78, 5) is 35.3. The van der Waals surface area contributed by atoms with Gasteiger partial charge in [0.15, 0.2) is 18.1 Å². The third-order valence-corrected chi connectivity index (χ3v) is 4.45. The number of esters is 1. The van der Waals surface area contributed by atoms with E-state index < -0.39 is 29.1 Å². The van der Waals surface area contributed by atoms with Gasteiger partial charge in [-0.3, -0.25) is 14.9 Å². The molecule has 176 valence electrons. The van der Waals surface area contributed by atoms with Gasteiger partial charge in [0.1, 0.15) is 17.1 Å². The Morgan fingerprint density at radius 2 is 1.65 bits per heavy atom. The van der Waals surface area contributed by atoms with Crippen LogP contribution in [0.25, 0.3) is 0 Å². The fraction of sp³-hybridized carbons (Fsp3) is 0.167. The quantitative estimate of drug-likeness (QED) is 0.261. The summed E-state index contributed by atoms with van der Waals surface area (Å²) in [5.41, 5.74) is -0.431. The van der Waals surface area contributed by atoms with E-state index in [1.807, 2.05) is 30.3 Å². The second-order valence-electron chi connectivity index (χ2n) is 6.77. The number of methoxy groups -OCH3 is 1. The van der Waals surface area contributed by atoms with Gasteiger partial charge in [-0.15, -0.1) is 0 Å². The molecule has 0 aliphatic rings. The number of rotatable bonds is 10. The zero-order valence-electron chi connectivity index (χ0n) is 18.5. The molecule has 0 aliphatic heterocycles. The second-order valence-corrected chi connectivity index (χ2v) is 6.77. The molecular formula is C24H22N2O8. The summed E-state index contributed by atoms with van der Waals surface area (Å²) in [6.45, 7) is 1.31. The summed E-state index contributed by atoms with van der Waals surface area (Å²) in [6.07, 6.45) is 0. The van der Waals surface area contributed by atoms with E-state index in [-0.39, 0.29) is 23.7 Å². The zero-order chi connectivity index (χ0) is 24.5. The standard InChI is InChI=1S/C24H22N2O8/c1-3-32-22-14-20(26(29)30)19(13-21(22)31-2)24(28)33-15-23(27)25-16-9-11-18(12-10-16)34-17-7-5-4-6-8-17/h4-14H,3,15H2,1-2H3,(H,25,27). The Bertz CT molecular complexity index is 1160. The van der Waals surface area contributed by atoms with E-state index in [0.29, 0.717) is 17.2 Å². The molecule has 3 rings (SSSR count). The molecule has 1 N–H and O–H groups in total. The number of benzene rings is 3. The smallest absolute Gasteiger partial charge is 0.345 e. The Morgan fingerprint density at radius 3 is 2.26 bits per heavy atom. The number of carbonyl (C=O) groups is 2. The maximum atomic E-state index is 12.5. The van der Waals surface area contributed by atoms with Crippen molar-refractivity contribution in [3.63, 3.8) is 0 Å². The molecule has 0 unspecified atom stereocenters. The van der Waals surface area contributed by atoms with E-state index in [1.165, 1.54) is 7.11 Å². The first-order valence-electron chi connectivity index (χ1n) is 10.2. The molecule has 0 atom stereocenters. The summed E-state index contributed by atoms with van der Waals surface area (Å²) in [5.74, 6) is -0.175. The van der Waals surface area contributed by atoms with Crippen LogP contribution in [0.5, 0.6) is 23.0 Å². The molecule has 3 aromatic carbocycles. The lowest BCUT2D eigenvalue weighted by Crippen LogP contribution is -2.21. The van der Waals surface area contributed by atoms with Crippen LogP contribution in [0.1, 0.15) is 17.3 Å². The van der Waals surface area contributed by atoms with Crippen molar-refractivity contribution in [2.45, 2.75) is 6.92 Å². The molecule has 0 bridgehead atoms. The first kappa shape index (κ1) is 24.1. The number of nitrogens with zero attached hydrogens (tertiary/aromatic N) is 1. The van der Waals surface area contributed by atoms with E-state index in [2.05, 4.69) is 5.32 Å². The highest BCUT2D eigenvalue weighted by Gasteiger charge is 2.26. The highest BCUT2D eigenvalue weighted by Crippen LogP contribution is 2.35.